The third kappa shape index (κ3) is 28.2. The number of carbonyl (C=O) groups excluding carboxylic acids is 11. The van der Waals surface area contributed by atoms with E-state index in [4.69, 9.17) is 23.7 Å². The molecule has 6 aliphatic rings. The topological polar surface area (TPSA) is 306 Å². The van der Waals surface area contributed by atoms with Gasteiger partial charge in [0.1, 0.15) is 71.3 Å². The summed E-state index contributed by atoms with van der Waals surface area (Å²) in [5, 5.41) is 18.2. The van der Waals surface area contributed by atoms with Crippen LogP contribution in [0.4, 0.5) is 0 Å². The van der Waals surface area contributed by atoms with E-state index in [0.717, 1.165) is 83.5 Å². The van der Waals surface area contributed by atoms with E-state index in [-0.39, 0.29) is 131 Å². The van der Waals surface area contributed by atoms with Gasteiger partial charge in [0, 0.05) is 68.9 Å². The fraction of sp³-hybridized carbons (Fsp3) is 0.750. The van der Waals surface area contributed by atoms with E-state index < -0.39 is 18.1 Å². The van der Waals surface area contributed by atoms with E-state index in [9.17, 15) is 52.7 Å². The third-order valence-electron chi connectivity index (χ3n) is 25.6. The van der Waals surface area contributed by atoms with Crippen LogP contribution in [0.3, 0.4) is 0 Å². The van der Waals surface area contributed by atoms with Crippen molar-refractivity contribution in [3.05, 3.63) is 58.7 Å². The molecule has 2 aromatic carbocycles. The van der Waals surface area contributed by atoms with Crippen LogP contribution in [-0.4, -0.2) is 141 Å². The normalized spacial score (nSPS) is 23.8. The number of ketones is 3. The highest BCUT2D eigenvalue weighted by atomic mass is 16.6. The van der Waals surface area contributed by atoms with Crippen LogP contribution in [0.15, 0.2) is 36.4 Å². The zero-order chi connectivity index (χ0) is 83.4. The van der Waals surface area contributed by atoms with Crippen molar-refractivity contribution in [2.75, 3.05) is 33.8 Å². The van der Waals surface area contributed by atoms with Crippen LogP contribution in [0, 0.1) is 58.2 Å². The molecule has 8 rings (SSSR count). The Labute approximate surface area is 681 Å². The van der Waals surface area contributed by atoms with Crippen molar-refractivity contribution in [3.63, 3.8) is 0 Å². The Morgan fingerprint density at radius 1 is 0.439 bits per heavy atom. The summed E-state index contributed by atoms with van der Waals surface area (Å²) in [4.78, 5) is 139. The lowest BCUT2D eigenvalue weighted by molar-refractivity contribution is -0.162. The number of amides is 3. The Morgan fingerprint density at radius 2 is 0.851 bits per heavy atom. The quantitative estimate of drug-likeness (QED) is 0.0155. The van der Waals surface area contributed by atoms with Crippen LogP contribution in [0.5, 0.6) is 11.5 Å². The fourth-order valence-electron chi connectivity index (χ4n) is 19.6. The summed E-state index contributed by atoms with van der Waals surface area (Å²) in [6.45, 7) is 27.1. The SMILES string of the molecule is CCOC(=O)C(CCCCNC(=O)CCCCC(C)=O)NCCC(=O)CCCCC(=O)NC(CC(C)C)C(=O)O[C@H]1CCC2C3CCc4cc(OC(=O)C(CC(C)C)NC)ccc4C3CC[C@@]21C.CNC(CC(C)C)C(=O)Oc1ccc2c(c1)CCC1C2CC[C@@]2(C)C1CC[C@@H]2OC(=O)C(CC(C)C)NC(=O)CCCCC(C)=O. The first kappa shape index (κ1) is 94.2. The summed E-state index contributed by atoms with van der Waals surface area (Å²) in [6.07, 6.45) is 21.8. The maximum Gasteiger partial charge on any atom is 0.328 e. The highest BCUT2D eigenvalue weighted by Crippen LogP contribution is 2.63. The molecule has 6 aliphatic carbocycles. The maximum absolute atomic E-state index is 13.9. The van der Waals surface area contributed by atoms with Gasteiger partial charge in [0.05, 0.1) is 6.61 Å². The second kappa shape index (κ2) is 46.3. The van der Waals surface area contributed by atoms with E-state index in [1.165, 1.54) is 22.3 Å². The maximum atomic E-state index is 13.9. The smallest absolute Gasteiger partial charge is 0.328 e. The molecule has 15 atom stereocenters. The summed E-state index contributed by atoms with van der Waals surface area (Å²) in [5.41, 5.74) is 5.06. The first-order chi connectivity index (χ1) is 54.3. The molecule has 0 spiro atoms. The number of ether oxygens (including phenoxy) is 5. The second-order valence-electron chi connectivity index (χ2n) is 36.3. The number of hydrogen-bond acceptors (Lipinski definition) is 19. The van der Waals surface area contributed by atoms with Crippen molar-refractivity contribution in [3.8, 4) is 11.5 Å². The lowest BCUT2D eigenvalue weighted by atomic mass is 9.55. The number of fused-ring (bicyclic) bond motifs is 10. The van der Waals surface area contributed by atoms with E-state index in [2.05, 4.69) is 97.7 Å². The molecule has 114 heavy (non-hydrogen) atoms. The van der Waals surface area contributed by atoms with Crippen LogP contribution in [0.2, 0.25) is 0 Å². The van der Waals surface area contributed by atoms with Gasteiger partial charge in [-0.3, -0.25) is 24.0 Å². The predicted molar refractivity (Wildman–Crippen MR) is 442 cm³/mol. The number of hydrogen-bond donors (Lipinski definition) is 6. The lowest BCUT2D eigenvalue weighted by Gasteiger charge is -2.50. The fourth-order valence-corrected chi connectivity index (χ4v) is 19.6. The minimum absolute atomic E-state index is 0.0370. The molecule has 0 radical (unpaired) electrons. The molecule has 0 bridgehead atoms. The molecule has 0 aliphatic heterocycles. The summed E-state index contributed by atoms with van der Waals surface area (Å²) in [5.74, 6) is 3.52. The van der Waals surface area contributed by atoms with Gasteiger partial charge in [0.15, 0.2) is 0 Å². The van der Waals surface area contributed by atoms with Gasteiger partial charge < -0.3 is 65.2 Å². The Balaban J connectivity index is 0.000000340. The van der Waals surface area contributed by atoms with Crippen molar-refractivity contribution in [2.45, 2.75) is 350 Å². The number of aryl methyl sites for hydroxylation is 2. The summed E-state index contributed by atoms with van der Waals surface area (Å²) in [6, 6.07) is 9.78. The molecule has 638 valence electrons. The molecule has 0 heterocycles. The molecule has 2 aromatic rings. The average Bonchev–Trinajstić information content (AvgIpc) is 1.55. The highest BCUT2D eigenvalue weighted by molar-refractivity contribution is 5.86. The monoisotopic (exact) mass is 1590 g/mol. The van der Waals surface area contributed by atoms with Crippen molar-refractivity contribution in [2.24, 2.45) is 58.2 Å². The molecule has 22 nitrogen and oxygen atoms in total. The summed E-state index contributed by atoms with van der Waals surface area (Å²) >= 11 is 0. The van der Waals surface area contributed by atoms with E-state index in [1.807, 2.05) is 39.8 Å². The van der Waals surface area contributed by atoms with Gasteiger partial charge in [0.25, 0.3) is 0 Å². The van der Waals surface area contributed by atoms with Gasteiger partial charge >= 0.3 is 29.8 Å². The Morgan fingerprint density at radius 3 is 1.26 bits per heavy atom. The molecular formula is C92H144N6O16. The van der Waals surface area contributed by atoms with Crippen LogP contribution in [0.1, 0.15) is 317 Å². The molecule has 3 amide bonds. The van der Waals surface area contributed by atoms with Crippen molar-refractivity contribution in [1.29, 1.82) is 0 Å². The Hall–Kier alpha value is -6.91. The minimum atomic E-state index is -0.742. The van der Waals surface area contributed by atoms with Crippen molar-refractivity contribution >= 4 is 64.9 Å². The summed E-state index contributed by atoms with van der Waals surface area (Å²) in [7, 11) is 3.60. The number of rotatable bonds is 46. The molecule has 22 heteroatoms. The first-order valence-corrected chi connectivity index (χ1v) is 44.0. The standard InChI is InChI=1S/C54H86N4O10.C38H58N2O6/c1-9-66-51(63)45(18-14-15-30-57-49(61)19-12-10-16-37(6)59)56-31-28-39(60)17-11-13-20-50(62)58-47(33-36(4)5)53(65)68-48-26-25-44-43-23-21-38-34-40(67-52(64)46(55-8)32-35(2)3)22-24-41(38)42(43)27-29-54(44,48)7;1-23(2)20-32(39-7)36(43)45-27-13-15-28-26(22-27)12-14-30-29(28)18-19-38(6)31(30)16-17-34(38)46-37(44)33(21-24(3)4)40-35(42)11-9-8-10-25(5)41/h22,24,34-36,42-48,55-56H,9-21,23,25-33H2,1-8H3,(H,57,61)(H,58,62);13,15,22-24,29-34,39H,8-12,14,16-21H2,1-7H3,(H,40,42)/t42?,43?,44?,45?,46?,47?,48-,54-;29?,30?,31?,32?,33?,34-,38-/m00/s1. The number of esters is 5. The Kier molecular flexibility index (Phi) is 38.3. The molecule has 4 fully saturated rings. The number of likely N-dealkylation sites (N-methyl/N-ethyl adjacent to an activating group) is 2. The van der Waals surface area contributed by atoms with Crippen LogP contribution in [0.25, 0.3) is 0 Å². The predicted octanol–water partition coefficient (Wildman–Crippen LogP) is 14.7. The number of nitrogens with one attached hydrogen (secondary N) is 6. The van der Waals surface area contributed by atoms with Crippen molar-refractivity contribution < 1.29 is 76.4 Å². The summed E-state index contributed by atoms with van der Waals surface area (Å²) < 4.78 is 29.6. The molecule has 6 N–H and O–H groups in total. The van der Waals surface area contributed by atoms with Gasteiger partial charge in [-0.15, -0.1) is 0 Å². The number of carbonyl (C=O) groups is 11. The van der Waals surface area contributed by atoms with Gasteiger partial charge in [-0.05, 0) is 301 Å². The van der Waals surface area contributed by atoms with Crippen LogP contribution < -0.4 is 41.4 Å². The average molecular weight is 1590 g/mol. The zero-order valence-corrected chi connectivity index (χ0v) is 72.1. The van der Waals surface area contributed by atoms with E-state index in [1.54, 1.807) is 34.9 Å². The molecule has 0 aromatic heterocycles. The number of Topliss-reactive ketones (excluding diaryl/α,β-unsaturated/α-hetero) is 3. The van der Waals surface area contributed by atoms with Crippen LogP contribution >= 0.6 is 0 Å². The Bertz CT molecular complexity index is 3520. The lowest BCUT2D eigenvalue weighted by Crippen LogP contribution is -2.48. The largest absolute Gasteiger partial charge is 0.465 e. The first-order valence-electron chi connectivity index (χ1n) is 44.0. The third-order valence-corrected chi connectivity index (χ3v) is 25.6. The minimum Gasteiger partial charge on any atom is -0.465 e. The number of benzene rings is 2. The zero-order valence-electron chi connectivity index (χ0n) is 72.1. The van der Waals surface area contributed by atoms with Crippen molar-refractivity contribution in [1.82, 2.24) is 31.9 Å². The van der Waals surface area contributed by atoms with Gasteiger partial charge in [0.2, 0.25) is 17.7 Å². The molecular weight excluding hydrogens is 1450 g/mol. The van der Waals surface area contributed by atoms with Gasteiger partial charge in [-0.25, -0.2) is 19.2 Å². The van der Waals surface area contributed by atoms with E-state index in [0.29, 0.717) is 181 Å². The molecule has 11 unspecified atom stereocenters. The highest BCUT2D eigenvalue weighted by Gasteiger charge is 2.58. The number of unbranched alkanes of at least 4 members (excludes halogenated alkanes) is 4. The van der Waals surface area contributed by atoms with Gasteiger partial charge in [-0.2, -0.15) is 0 Å². The van der Waals surface area contributed by atoms with E-state index >= 15 is 0 Å². The molecule has 0 saturated heterocycles. The van der Waals surface area contributed by atoms with Crippen LogP contribution in [-0.2, 0) is 79.8 Å². The molecule has 4 saturated carbocycles. The second-order valence-corrected chi connectivity index (χ2v) is 36.3. The van der Waals surface area contributed by atoms with Gasteiger partial charge in [-0.1, -0.05) is 81.4 Å².